The van der Waals surface area contributed by atoms with Crippen LogP contribution in [0.1, 0.15) is 70.3 Å². The Morgan fingerprint density at radius 2 is 1.71 bits per heavy atom. The highest BCUT2D eigenvalue weighted by molar-refractivity contribution is 6.34. The van der Waals surface area contributed by atoms with Gasteiger partial charge in [-0.1, -0.05) is 45.9 Å². The van der Waals surface area contributed by atoms with E-state index in [1.165, 1.54) is 29.1 Å². The minimum Gasteiger partial charge on any atom is -0.507 e. The molecule has 1 N–H and O–H groups in total. The van der Waals surface area contributed by atoms with Crippen LogP contribution in [0, 0.1) is 12.7 Å². The quantitative estimate of drug-likeness (QED) is 0.261. The number of anilines is 1. The van der Waals surface area contributed by atoms with Crippen molar-refractivity contribution in [3.63, 3.8) is 0 Å². The number of hydrogen-bond donors (Lipinski definition) is 1. The standard InChI is InChI=1S/C33H37ClFN7O3/c1-9-25(44)40-13-20(8)41(14-19(40)7)31-21-12-22(34)29(26-23(35)10-18(6)11-24(26)43)38-32(21)42(33(45)39-31)30-27(16(2)3)36-15-37-28(30)17(4)5/h9-12,15-17,19-20,43H,1,13-14H2,2-8H3/t19-,20+/m1/s1. The summed E-state index contributed by atoms with van der Waals surface area (Å²) in [6.07, 6.45) is 2.77. The van der Waals surface area contributed by atoms with Gasteiger partial charge < -0.3 is 14.9 Å². The maximum absolute atomic E-state index is 15.4. The number of aromatic nitrogens is 5. The van der Waals surface area contributed by atoms with Crippen LogP contribution in [-0.4, -0.2) is 65.6 Å². The number of fused-ring (bicyclic) bond motifs is 1. The average molecular weight is 634 g/mol. The van der Waals surface area contributed by atoms with Gasteiger partial charge in [-0.3, -0.25) is 4.79 Å². The summed E-state index contributed by atoms with van der Waals surface area (Å²) in [5.74, 6) is -1.07. The summed E-state index contributed by atoms with van der Waals surface area (Å²) in [5.41, 5.74) is 1.54. The molecule has 1 saturated heterocycles. The number of benzene rings is 1. The Kier molecular flexibility index (Phi) is 8.68. The molecule has 0 aliphatic carbocycles. The van der Waals surface area contributed by atoms with Crippen molar-refractivity contribution < 1.29 is 14.3 Å². The molecule has 4 aromatic rings. The minimum absolute atomic E-state index is 0.0266. The lowest BCUT2D eigenvalue weighted by Gasteiger charge is -2.44. The van der Waals surface area contributed by atoms with Crippen LogP contribution >= 0.6 is 11.6 Å². The van der Waals surface area contributed by atoms with Gasteiger partial charge in [-0.15, -0.1) is 0 Å². The second-order valence-corrected chi connectivity index (χ2v) is 12.6. The number of rotatable bonds is 6. The van der Waals surface area contributed by atoms with Crippen LogP contribution in [-0.2, 0) is 4.79 Å². The lowest BCUT2D eigenvalue weighted by atomic mass is 10.0. The zero-order chi connectivity index (χ0) is 32.9. The highest BCUT2D eigenvalue weighted by Gasteiger charge is 2.34. The second-order valence-electron chi connectivity index (χ2n) is 12.2. The van der Waals surface area contributed by atoms with Crippen molar-refractivity contribution in [2.45, 2.75) is 72.4 Å². The number of carbonyl (C=O) groups is 1. The van der Waals surface area contributed by atoms with E-state index in [-0.39, 0.29) is 57.5 Å². The van der Waals surface area contributed by atoms with Gasteiger partial charge >= 0.3 is 5.69 Å². The molecule has 0 saturated carbocycles. The van der Waals surface area contributed by atoms with E-state index < -0.39 is 11.5 Å². The Morgan fingerprint density at radius 1 is 1.07 bits per heavy atom. The van der Waals surface area contributed by atoms with Crippen LogP contribution in [0.15, 0.2) is 42.0 Å². The van der Waals surface area contributed by atoms with Gasteiger partial charge in [0.1, 0.15) is 23.7 Å². The van der Waals surface area contributed by atoms with E-state index in [0.717, 1.165) is 0 Å². The number of aryl methyl sites for hydroxylation is 1. The molecule has 236 valence electrons. The fraction of sp³-hybridized carbons (Fsp3) is 0.394. The van der Waals surface area contributed by atoms with Crippen molar-refractivity contribution in [3.8, 4) is 22.7 Å². The Bertz CT molecular complexity index is 1840. The largest absolute Gasteiger partial charge is 0.507 e. The number of phenolic OH excluding ortho intramolecular Hbond substituents is 1. The molecule has 45 heavy (non-hydrogen) atoms. The molecule has 12 heteroatoms. The summed E-state index contributed by atoms with van der Waals surface area (Å²) in [4.78, 5) is 49.0. The number of nitrogens with zero attached hydrogens (tertiary/aromatic N) is 7. The van der Waals surface area contributed by atoms with Gasteiger partial charge in [0.05, 0.1) is 38.7 Å². The molecule has 0 spiro atoms. The monoisotopic (exact) mass is 633 g/mol. The van der Waals surface area contributed by atoms with E-state index in [2.05, 4.69) is 21.5 Å². The molecule has 0 bridgehead atoms. The van der Waals surface area contributed by atoms with Crippen molar-refractivity contribution in [1.82, 2.24) is 29.4 Å². The van der Waals surface area contributed by atoms with Gasteiger partial charge in [0.2, 0.25) is 5.91 Å². The molecular weight excluding hydrogens is 597 g/mol. The predicted octanol–water partition coefficient (Wildman–Crippen LogP) is 5.90. The highest BCUT2D eigenvalue weighted by atomic mass is 35.5. The van der Waals surface area contributed by atoms with E-state index in [1.807, 2.05) is 46.4 Å². The van der Waals surface area contributed by atoms with Crippen LogP contribution in [0.2, 0.25) is 5.02 Å². The molecule has 1 aliphatic rings. The smallest absolute Gasteiger partial charge is 0.355 e. The number of carbonyl (C=O) groups excluding carboxylic acids is 1. The number of halogens is 2. The summed E-state index contributed by atoms with van der Waals surface area (Å²) in [7, 11) is 0. The SMILES string of the molecule is C=CC(=O)N1C[C@H](C)N(c2nc(=O)n(-c3c(C(C)C)ncnc3C(C)C)c3nc(-c4c(O)cc(C)cc4F)c(Cl)cc23)C[C@H]1C. The third-order valence-electron chi connectivity index (χ3n) is 8.16. The first kappa shape index (κ1) is 32.0. The average Bonchev–Trinajstić information content (AvgIpc) is 2.97. The third-order valence-corrected chi connectivity index (χ3v) is 8.45. The van der Waals surface area contributed by atoms with Crippen LogP contribution in [0.25, 0.3) is 28.0 Å². The molecule has 4 heterocycles. The molecule has 1 aliphatic heterocycles. The first-order valence-electron chi connectivity index (χ1n) is 14.9. The lowest BCUT2D eigenvalue weighted by molar-refractivity contribution is -0.128. The van der Waals surface area contributed by atoms with Gasteiger partial charge in [-0.05, 0) is 62.4 Å². The van der Waals surface area contributed by atoms with Crippen molar-refractivity contribution >= 4 is 34.4 Å². The molecule has 0 radical (unpaired) electrons. The molecule has 1 amide bonds. The summed E-state index contributed by atoms with van der Waals surface area (Å²) in [6.45, 7) is 17.8. The Labute approximate surface area is 266 Å². The zero-order valence-electron chi connectivity index (χ0n) is 26.5. The number of piperazine rings is 1. The Balaban J connectivity index is 1.88. The van der Waals surface area contributed by atoms with Crippen LogP contribution in [0.5, 0.6) is 5.75 Å². The highest BCUT2D eigenvalue weighted by Crippen LogP contribution is 2.40. The van der Waals surface area contributed by atoms with E-state index in [0.29, 0.717) is 46.9 Å². The van der Waals surface area contributed by atoms with Crippen molar-refractivity contribution in [2.24, 2.45) is 0 Å². The first-order chi connectivity index (χ1) is 21.2. The molecule has 2 atom stereocenters. The number of phenols is 1. The van der Waals surface area contributed by atoms with E-state index in [9.17, 15) is 14.7 Å². The maximum atomic E-state index is 15.4. The summed E-state index contributed by atoms with van der Waals surface area (Å²) < 4.78 is 16.8. The zero-order valence-corrected chi connectivity index (χ0v) is 27.2. The number of amides is 1. The predicted molar refractivity (Wildman–Crippen MR) is 174 cm³/mol. The van der Waals surface area contributed by atoms with Crippen molar-refractivity contribution in [2.75, 3.05) is 18.0 Å². The van der Waals surface area contributed by atoms with Gasteiger partial charge in [0.15, 0.2) is 5.65 Å². The fourth-order valence-corrected chi connectivity index (χ4v) is 6.23. The van der Waals surface area contributed by atoms with E-state index in [4.69, 9.17) is 16.6 Å². The minimum atomic E-state index is -0.705. The molecule has 0 unspecified atom stereocenters. The summed E-state index contributed by atoms with van der Waals surface area (Å²) in [6, 6.07) is 3.87. The third kappa shape index (κ3) is 5.65. The van der Waals surface area contributed by atoms with E-state index >= 15 is 4.39 Å². The number of pyridine rings is 1. The van der Waals surface area contributed by atoms with Crippen LogP contribution in [0.4, 0.5) is 10.2 Å². The fourth-order valence-electron chi connectivity index (χ4n) is 5.99. The Hall–Kier alpha value is -4.38. The van der Waals surface area contributed by atoms with Gasteiger partial charge in [0.25, 0.3) is 0 Å². The maximum Gasteiger partial charge on any atom is 0.355 e. The lowest BCUT2D eigenvalue weighted by Crippen LogP contribution is -2.58. The normalized spacial score (nSPS) is 17.0. The van der Waals surface area contributed by atoms with Gasteiger partial charge in [0, 0.05) is 25.2 Å². The molecule has 1 aromatic carbocycles. The number of hydrogen-bond acceptors (Lipinski definition) is 8. The number of aromatic hydroxyl groups is 1. The Morgan fingerprint density at radius 3 is 2.29 bits per heavy atom. The summed E-state index contributed by atoms with van der Waals surface area (Å²) in [5, 5.41) is 11.3. The molecule has 10 nitrogen and oxygen atoms in total. The van der Waals surface area contributed by atoms with E-state index in [1.54, 1.807) is 17.9 Å². The van der Waals surface area contributed by atoms with Crippen LogP contribution in [0.3, 0.4) is 0 Å². The molecular formula is C33H37ClFN7O3. The first-order valence-corrected chi connectivity index (χ1v) is 15.3. The van der Waals surface area contributed by atoms with Crippen molar-refractivity contribution in [3.05, 3.63) is 75.5 Å². The topological polar surface area (TPSA) is 117 Å². The van der Waals surface area contributed by atoms with Gasteiger partial charge in [-0.2, -0.15) is 4.98 Å². The van der Waals surface area contributed by atoms with Gasteiger partial charge in [-0.25, -0.2) is 28.7 Å². The summed E-state index contributed by atoms with van der Waals surface area (Å²) >= 11 is 6.82. The molecule has 3 aromatic heterocycles. The van der Waals surface area contributed by atoms with Crippen LogP contribution < -0.4 is 10.6 Å². The molecule has 5 rings (SSSR count). The second kappa shape index (κ2) is 12.2. The van der Waals surface area contributed by atoms with Crippen molar-refractivity contribution in [1.29, 1.82) is 0 Å². The molecule has 1 fully saturated rings.